The van der Waals surface area contributed by atoms with Crippen molar-refractivity contribution in [3.63, 3.8) is 0 Å². The third kappa shape index (κ3) is 4.92. The summed E-state index contributed by atoms with van der Waals surface area (Å²) in [7, 11) is 0. The van der Waals surface area contributed by atoms with E-state index in [2.05, 4.69) is 0 Å². The molecule has 0 bridgehead atoms. The summed E-state index contributed by atoms with van der Waals surface area (Å²) in [6.07, 6.45) is 2.64. The van der Waals surface area contributed by atoms with Gasteiger partial charge in [0.25, 0.3) is 0 Å². The number of carbonyl (C=O) groups excluding carboxylic acids is 1. The van der Waals surface area contributed by atoms with Gasteiger partial charge in [0.05, 0.1) is 0 Å². The normalized spacial score (nSPS) is 10.8. The van der Waals surface area contributed by atoms with Gasteiger partial charge in [0.15, 0.2) is 0 Å². The number of carbonyl (C=O) groups is 1. The summed E-state index contributed by atoms with van der Waals surface area (Å²) in [5, 5.41) is 1.09. The average Bonchev–Trinajstić information content (AvgIpc) is 3.09. The molecule has 0 spiro atoms. The fraction of sp³-hybridized carbons (Fsp3) is 0.190. The van der Waals surface area contributed by atoms with Gasteiger partial charge in [-0.1, -0.05) is 59.6 Å². The Kier molecular flexibility index (Phi) is 6.56. The van der Waals surface area contributed by atoms with Gasteiger partial charge in [-0.05, 0) is 36.7 Å². The summed E-state index contributed by atoms with van der Waals surface area (Å²) in [6, 6.07) is 16.7. The minimum absolute atomic E-state index is 0.221. The first-order valence-corrected chi connectivity index (χ1v) is 9.41. The molecule has 0 amide bonds. The highest BCUT2D eigenvalue weighted by molar-refractivity contribution is 6.36. The Balaban J connectivity index is 1.86. The SMILES string of the molecule is NCCCn1cc(-c2ccc(Cl)cc2Cl)cc1C(=O)OCc1ccccc1. The van der Waals surface area contributed by atoms with Crippen molar-refractivity contribution < 1.29 is 9.53 Å². The van der Waals surface area contributed by atoms with E-state index < -0.39 is 0 Å². The van der Waals surface area contributed by atoms with E-state index in [-0.39, 0.29) is 12.6 Å². The van der Waals surface area contributed by atoms with Crippen LogP contribution in [0, 0.1) is 0 Å². The van der Waals surface area contributed by atoms with Crippen molar-refractivity contribution in [3.8, 4) is 11.1 Å². The predicted octanol–water partition coefficient (Wildman–Crippen LogP) is 5.17. The van der Waals surface area contributed by atoms with Crippen LogP contribution in [0.15, 0.2) is 60.8 Å². The lowest BCUT2D eigenvalue weighted by molar-refractivity contribution is 0.0460. The molecule has 2 N–H and O–H groups in total. The van der Waals surface area contributed by atoms with E-state index in [1.165, 1.54) is 0 Å². The van der Waals surface area contributed by atoms with Crippen molar-refractivity contribution in [2.24, 2.45) is 5.73 Å². The second kappa shape index (κ2) is 9.09. The number of esters is 1. The van der Waals surface area contributed by atoms with Crippen molar-refractivity contribution in [1.82, 2.24) is 4.57 Å². The van der Waals surface area contributed by atoms with Crippen LogP contribution in [0.4, 0.5) is 0 Å². The number of aromatic nitrogens is 1. The lowest BCUT2D eigenvalue weighted by Crippen LogP contribution is -2.13. The Bertz CT molecular complexity index is 923. The molecule has 0 aliphatic carbocycles. The Morgan fingerprint density at radius 2 is 1.85 bits per heavy atom. The molecule has 0 saturated carbocycles. The molecule has 0 unspecified atom stereocenters. The molecule has 4 nitrogen and oxygen atoms in total. The van der Waals surface area contributed by atoms with E-state index in [1.807, 2.05) is 47.2 Å². The molecule has 0 fully saturated rings. The van der Waals surface area contributed by atoms with Crippen LogP contribution in [0.1, 0.15) is 22.5 Å². The first-order chi connectivity index (χ1) is 13.1. The zero-order valence-corrected chi connectivity index (χ0v) is 16.2. The standard InChI is InChI=1S/C21H20Cl2N2O2/c22-17-7-8-18(19(23)12-17)16-11-20(25(13-16)10-4-9-24)21(26)27-14-15-5-2-1-3-6-15/h1-3,5-8,11-13H,4,9-10,14,24H2. The lowest BCUT2D eigenvalue weighted by Gasteiger charge is -2.08. The van der Waals surface area contributed by atoms with Gasteiger partial charge in [-0.3, -0.25) is 0 Å². The van der Waals surface area contributed by atoms with Crippen molar-refractivity contribution in [2.45, 2.75) is 19.6 Å². The van der Waals surface area contributed by atoms with Gasteiger partial charge in [0.1, 0.15) is 12.3 Å². The summed E-state index contributed by atoms with van der Waals surface area (Å²) >= 11 is 12.3. The zero-order valence-electron chi connectivity index (χ0n) is 14.7. The van der Waals surface area contributed by atoms with Crippen LogP contribution < -0.4 is 5.73 Å². The number of nitrogens with zero attached hydrogens (tertiary/aromatic N) is 1. The van der Waals surface area contributed by atoms with Crippen LogP contribution in [-0.4, -0.2) is 17.1 Å². The number of aryl methyl sites for hydroxylation is 1. The third-order valence-corrected chi connectivity index (χ3v) is 4.71. The number of hydrogen-bond acceptors (Lipinski definition) is 3. The Morgan fingerprint density at radius 3 is 2.56 bits per heavy atom. The smallest absolute Gasteiger partial charge is 0.355 e. The molecule has 1 aromatic heterocycles. The average molecular weight is 403 g/mol. The van der Waals surface area contributed by atoms with E-state index in [0.717, 1.165) is 23.1 Å². The molecule has 0 aliphatic heterocycles. The molecule has 0 aliphatic rings. The van der Waals surface area contributed by atoms with E-state index >= 15 is 0 Å². The number of benzene rings is 2. The molecule has 6 heteroatoms. The molecule has 0 radical (unpaired) electrons. The second-order valence-corrected chi connectivity index (χ2v) is 6.98. The summed E-state index contributed by atoms with van der Waals surface area (Å²) in [6.45, 7) is 1.38. The fourth-order valence-electron chi connectivity index (χ4n) is 2.80. The van der Waals surface area contributed by atoms with Crippen LogP contribution in [0.2, 0.25) is 10.0 Å². The van der Waals surface area contributed by atoms with Crippen LogP contribution in [0.3, 0.4) is 0 Å². The van der Waals surface area contributed by atoms with Crippen molar-refractivity contribution in [1.29, 1.82) is 0 Å². The molecule has 0 atom stereocenters. The number of nitrogens with two attached hydrogens (primary N) is 1. The topological polar surface area (TPSA) is 57.2 Å². The number of ether oxygens (including phenoxy) is 1. The van der Waals surface area contributed by atoms with Crippen molar-refractivity contribution in [3.05, 3.63) is 82.1 Å². The first kappa shape index (κ1) is 19.5. The van der Waals surface area contributed by atoms with Gasteiger partial charge in [-0.15, -0.1) is 0 Å². The van der Waals surface area contributed by atoms with Gasteiger partial charge < -0.3 is 15.0 Å². The molecule has 27 heavy (non-hydrogen) atoms. The highest BCUT2D eigenvalue weighted by Crippen LogP contribution is 2.32. The van der Waals surface area contributed by atoms with E-state index in [0.29, 0.717) is 28.8 Å². The molecule has 3 aromatic rings. The minimum Gasteiger partial charge on any atom is -0.456 e. The first-order valence-electron chi connectivity index (χ1n) is 8.65. The fourth-order valence-corrected chi connectivity index (χ4v) is 3.31. The Hall–Kier alpha value is -2.27. The maximum atomic E-state index is 12.7. The van der Waals surface area contributed by atoms with Crippen molar-refractivity contribution in [2.75, 3.05) is 6.54 Å². The monoisotopic (exact) mass is 402 g/mol. The lowest BCUT2D eigenvalue weighted by atomic mass is 10.1. The molecular formula is C21H20Cl2N2O2. The van der Waals surface area contributed by atoms with Gasteiger partial charge >= 0.3 is 5.97 Å². The summed E-state index contributed by atoms with van der Waals surface area (Å²) < 4.78 is 7.35. The minimum atomic E-state index is -0.382. The highest BCUT2D eigenvalue weighted by atomic mass is 35.5. The molecular weight excluding hydrogens is 383 g/mol. The summed E-state index contributed by atoms with van der Waals surface area (Å²) in [4.78, 5) is 12.7. The van der Waals surface area contributed by atoms with Gasteiger partial charge in [-0.2, -0.15) is 0 Å². The number of halogens is 2. The quantitative estimate of drug-likeness (QED) is 0.554. The van der Waals surface area contributed by atoms with E-state index in [4.69, 9.17) is 33.7 Å². The molecule has 140 valence electrons. The maximum absolute atomic E-state index is 12.7. The summed E-state index contributed by atoms with van der Waals surface area (Å²) in [5.41, 5.74) is 8.68. The van der Waals surface area contributed by atoms with E-state index in [9.17, 15) is 4.79 Å². The maximum Gasteiger partial charge on any atom is 0.355 e. The zero-order chi connectivity index (χ0) is 19.2. The second-order valence-electron chi connectivity index (χ2n) is 6.14. The number of hydrogen-bond donors (Lipinski definition) is 1. The Morgan fingerprint density at radius 1 is 1.07 bits per heavy atom. The molecule has 3 rings (SSSR count). The van der Waals surface area contributed by atoms with Gasteiger partial charge in [0.2, 0.25) is 0 Å². The van der Waals surface area contributed by atoms with E-state index in [1.54, 1.807) is 18.2 Å². The summed E-state index contributed by atoms with van der Waals surface area (Å²) in [5.74, 6) is -0.382. The molecule has 1 heterocycles. The van der Waals surface area contributed by atoms with Crippen LogP contribution in [0.25, 0.3) is 11.1 Å². The highest BCUT2D eigenvalue weighted by Gasteiger charge is 2.17. The largest absolute Gasteiger partial charge is 0.456 e. The predicted molar refractivity (Wildman–Crippen MR) is 109 cm³/mol. The van der Waals surface area contributed by atoms with Crippen LogP contribution in [-0.2, 0) is 17.9 Å². The third-order valence-electron chi connectivity index (χ3n) is 4.16. The van der Waals surface area contributed by atoms with Gasteiger partial charge in [0, 0.05) is 33.9 Å². The van der Waals surface area contributed by atoms with Crippen molar-refractivity contribution >= 4 is 29.2 Å². The molecule has 0 saturated heterocycles. The van der Waals surface area contributed by atoms with Gasteiger partial charge in [-0.25, -0.2) is 4.79 Å². The molecule has 2 aromatic carbocycles. The Labute approximate surface area is 168 Å². The van der Waals surface area contributed by atoms with Crippen LogP contribution in [0.5, 0.6) is 0 Å². The van der Waals surface area contributed by atoms with Crippen LogP contribution >= 0.6 is 23.2 Å². The number of rotatable bonds is 7.